The first-order valence-electron chi connectivity index (χ1n) is 8.10. The summed E-state index contributed by atoms with van der Waals surface area (Å²) in [7, 11) is 0. The topological polar surface area (TPSA) is 67.8 Å². The zero-order valence-electron chi connectivity index (χ0n) is 14.0. The second-order valence-electron chi connectivity index (χ2n) is 5.26. The molecule has 1 aliphatic rings. The van der Waals surface area contributed by atoms with E-state index in [4.69, 9.17) is 9.47 Å². The summed E-state index contributed by atoms with van der Waals surface area (Å²) in [5.41, 5.74) is 0.342. The predicted octanol–water partition coefficient (Wildman–Crippen LogP) is 2.09. The Morgan fingerprint density at radius 1 is 1.50 bits per heavy atom. The van der Waals surface area contributed by atoms with Crippen molar-refractivity contribution in [2.24, 2.45) is 4.99 Å². The summed E-state index contributed by atoms with van der Waals surface area (Å²) >= 11 is 0. The molecule has 0 saturated carbocycles. The van der Waals surface area contributed by atoms with E-state index in [-0.39, 0.29) is 42.4 Å². The fourth-order valence-corrected chi connectivity index (χ4v) is 2.20. The van der Waals surface area contributed by atoms with Gasteiger partial charge in [0.05, 0.1) is 24.9 Å². The van der Waals surface area contributed by atoms with Crippen molar-refractivity contribution < 1.29 is 13.9 Å². The molecule has 0 aliphatic carbocycles. The van der Waals surface area contributed by atoms with Gasteiger partial charge in [-0.1, -0.05) is 0 Å². The van der Waals surface area contributed by atoms with E-state index in [1.807, 2.05) is 6.92 Å². The molecule has 0 radical (unpaired) electrons. The van der Waals surface area contributed by atoms with Gasteiger partial charge in [-0.3, -0.25) is 4.98 Å². The molecule has 2 heterocycles. The third-order valence-electron chi connectivity index (χ3n) is 3.42. The van der Waals surface area contributed by atoms with Gasteiger partial charge in [0, 0.05) is 32.5 Å². The van der Waals surface area contributed by atoms with Gasteiger partial charge in [0.15, 0.2) is 5.96 Å². The summed E-state index contributed by atoms with van der Waals surface area (Å²) in [5.74, 6) is 0.320. The SMILES string of the molecule is CCNC(=NCc1ncccc1F)NCCCOC1CCOC1.I. The zero-order valence-corrected chi connectivity index (χ0v) is 16.3. The van der Waals surface area contributed by atoms with E-state index < -0.39 is 0 Å². The highest BCUT2D eigenvalue weighted by atomic mass is 127. The van der Waals surface area contributed by atoms with Crippen LogP contribution in [0.2, 0.25) is 0 Å². The summed E-state index contributed by atoms with van der Waals surface area (Å²) in [5, 5.41) is 6.35. The van der Waals surface area contributed by atoms with E-state index in [2.05, 4.69) is 20.6 Å². The minimum atomic E-state index is -0.334. The smallest absolute Gasteiger partial charge is 0.191 e. The van der Waals surface area contributed by atoms with Crippen LogP contribution in [-0.2, 0) is 16.0 Å². The van der Waals surface area contributed by atoms with Crippen molar-refractivity contribution in [3.05, 3.63) is 29.8 Å². The maximum absolute atomic E-state index is 13.5. The molecule has 1 aliphatic heterocycles. The summed E-state index contributed by atoms with van der Waals surface area (Å²) in [4.78, 5) is 8.35. The quantitative estimate of drug-likeness (QED) is 0.274. The van der Waals surface area contributed by atoms with Crippen LogP contribution in [0.5, 0.6) is 0 Å². The molecule has 0 spiro atoms. The van der Waals surface area contributed by atoms with E-state index >= 15 is 0 Å². The van der Waals surface area contributed by atoms with Crippen molar-refractivity contribution in [3.63, 3.8) is 0 Å². The molecule has 1 aromatic rings. The lowest BCUT2D eigenvalue weighted by molar-refractivity contribution is 0.0420. The predicted molar refractivity (Wildman–Crippen MR) is 102 cm³/mol. The number of ether oxygens (including phenoxy) is 2. The third kappa shape index (κ3) is 7.71. The summed E-state index contributed by atoms with van der Waals surface area (Å²) in [6.45, 7) is 5.86. The third-order valence-corrected chi connectivity index (χ3v) is 3.42. The molecular weight excluding hydrogens is 426 g/mol. The maximum Gasteiger partial charge on any atom is 0.191 e. The summed E-state index contributed by atoms with van der Waals surface area (Å²) in [6.07, 6.45) is 3.66. The van der Waals surface area contributed by atoms with Crippen molar-refractivity contribution in [3.8, 4) is 0 Å². The Balaban J connectivity index is 0.00000288. The normalized spacial score (nSPS) is 17.4. The van der Waals surface area contributed by atoms with Crippen molar-refractivity contribution in [2.75, 3.05) is 32.9 Å². The molecular formula is C16H26FIN4O2. The lowest BCUT2D eigenvalue weighted by Gasteiger charge is -2.13. The second kappa shape index (κ2) is 12.4. The van der Waals surface area contributed by atoms with E-state index in [9.17, 15) is 4.39 Å². The first-order chi connectivity index (χ1) is 11.3. The molecule has 6 nitrogen and oxygen atoms in total. The number of aliphatic imine (C=N–C) groups is 1. The first kappa shape index (κ1) is 21.0. The standard InChI is InChI=1S/C16H25FN4O2.HI/c1-2-18-16(21-11-15-14(17)5-3-7-19-15)20-8-4-9-23-13-6-10-22-12-13;/h3,5,7,13H,2,4,6,8-12H2,1H3,(H2,18,20,21);1H. The molecule has 1 atom stereocenters. The first-order valence-corrected chi connectivity index (χ1v) is 8.10. The number of guanidine groups is 1. The minimum Gasteiger partial charge on any atom is -0.379 e. The van der Waals surface area contributed by atoms with Gasteiger partial charge in [0.25, 0.3) is 0 Å². The Morgan fingerprint density at radius 3 is 3.08 bits per heavy atom. The number of aromatic nitrogens is 1. The molecule has 1 saturated heterocycles. The van der Waals surface area contributed by atoms with E-state index in [1.54, 1.807) is 12.3 Å². The number of pyridine rings is 1. The lowest BCUT2D eigenvalue weighted by Crippen LogP contribution is -2.38. The van der Waals surface area contributed by atoms with Crippen molar-refractivity contribution >= 4 is 29.9 Å². The van der Waals surface area contributed by atoms with Gasteiger partial charge >= 0.3 is 0 Å². The largest absolute Gasteiger partial charge is 0.379 e. The molecule has 136 valence electrons. The Morgan fingerprint density at radius 2 is 2.38 bits per heavy atom. The van der Waals surface area contributed by atoms with Crippen LogP contribution in [0.4, 0.5) is 4.39 Å². The molecule has 1 aromatic heterocycles. The van der Waals surface area contributed by atoms with Gasteiger partial charge in [0.1, 0.15) is 5.82 Å². The fraction of sp³-hybridized carbons (Fsp3) is 0.625. The molecule has 1 unspecified atom stereocenters. The van der Waals surface area contributed by atoms with Gasteiger partial charge < -0.3 is 20.1 Å². The monoisotopic (exact) mass is 452 g/mol. The molecule has 0 amide bonds. The highest BCUT2D eigenvalue weighted by Gasteiger charge is 2.15. The summed E-state index contributed by atoms with van der Waals surface area (Å²) in [6, 6.07) is 2.96. The van der Waals surface area contributed by atoms with Gasteiger partial charge in [0.2, 0.25) is 0 Å². The van der Waals surface area contributed by atoms with Crippen LogP contribution in [0.3, 0.4) is 0 Å². The number of hydrogen-bond acceptors (Lipinski definition) is 4. The molecule has 8 heteroatoms. The van der Waals surface area contributed by atoms with Crippen molar-refractivity contribution in [1.82, 2.24) is 15.6 Å². The number of halogens is 2. The van der Waals surface area contributed by atoms with E-state index in [1.165, 1.54) is 6.07 Å². The number of rotatable bonds is 8. The van der Waals surface area contributed by atoms with Crippen molar-refractivity contribution in [2.45, 2.75) is 32.4 Å². The summed E-state index contributed by atoms with van der Waals surface area (Å²) < 4.78 is 24.5. The molecule has 1 fully saturated rings. The Labute approximate surface area is 159 Å². The van der Waals surface area contributed by atoms with Crippen molar-refractivity contribution in [1.29, 1.82) is 0 Å². The minimum absolute atomic E-state index is 0. The van der Waals surface area contributed by atoms with Crippen LogP contribution in [0.25, 0.3) is 0 Å². The van der Waals surface area contributed by atoms with Crippen LogP contribution in [-0.4, -0.2) is 50.0 Å². The average Bonchev–Trinajstić information content (AvgIpc) is 3.07. The van der Waals surface area contributed by atoms with Crippen LogP contribution >= 0.6 is 24.0 Å². The molecule has 0 bridgehead atoms. The van der Waals surface area contributed by atoms with Crippen LogP contribution in [0.1, 0.15) is 25.5 Å². The lowest BCUT2D eigenvalue weighted by atomic mass is 10.3. The van der Waals surface area contributed by atoms with Crippen LogP contribution < -0.4 is 10.6 Å². The second-order valence-corrected chi connectivity index (χ2v) is 5.26. The van der Waals surface area contributed by atoms with Gasteiger partial charge in [-0.25, -0.2) is 9.38 Å². The maximum atomic E-state index is 13.5. The Bertz CT molecular complexity index is 499. The Hall–Kier alpha value is -1.00. The highest BCUT2D eigenvalue weighted by molar-refractivity contribution is 14.0. The molecule has 0 aromatic carbocycles. The van der Waals surface area contributed by atoms with Crippen LogP contribution in [0.15, 0.2) is 23.3 Å². The van der Waals surface area contributed by atoms with Gasteiger partial charge in [-0.05, 0) is 31.9 Å². The number of nitrogens with zero attached hydrogens (tertiary/aromatic N) is 2. The highest BCUT2D eigenvalue weighted by Crippen LogP contribution is 2.08. The number of hydrogen-bond donors (Lipinski definition) is 2. The van der Waals surface area contributed by atoms with E-state index in [0.29, 0.717) is 24.9 Å². The van der Waals surface area contributed by atoms with Gasteiger partial charge in [-0.2, -0.15) is 0 Å². The van der Waals surface area contributed by atoms with E-state index in [0.717, 1.165) is 32.5 Å². The number of nitrogens with one attached hydrogen (secondary N) is 2. The van der Waals surface area contributed by atoms with Gasteiger partial charge in [-0.15, -0.1) is 24.0 Å². The van der Waals surface area contributed by atoms with Crippen LogP contribution in [0, 0.1) is 5.82 Å². The average molecular weight is 452 g/mol. The zero-order chi connectivity index (χ0) is 16.3. The Kier molecular flexibility index (Phi) is 10.9. The fourth-order valence-electron chi connectivity index (χ4n) is 2.20. The molecule has 2 rings (SSSR count). The molecule has 24 heavy (non-hydrogen) atoms. The molecule has 2 N–H and O–H groups in total.